The van der Waals surface area contributed by atoms with E-state index >= 15 is 0 Å². The Bertz CT molecular complexity index is 489. The number of hydrogen-bond donors (Lipinski definition) is 1. The first-order valence-corrected chi connectivity index (χ1v) is 7.72. The molecule has 1 amide bonds. The van der Waals surface area contributed by atoms with Gasteiger partial charge in [-0.1, -0.05) is 13.8 Å². The van der Waals surface area contributed by atoms with Gasteiger partial charge in [0.1, 0.15) is 0 Å². The molecule has 1 aromatic rings. The molecule has 1 aromatic carbocycles. The summed E-state index contributed by atoms with van der Waals surface area (Å²) in [6.07, 6.45) is 0.786. The fourth-order valence-corrected chi connectivity index (χ4v) is 2.07. The molecule has 22 heavy (non-hydrogen) atoms. The molecule has 0 heterocycles. The molecular weight excluding hydrogens is 280 g/mol. The lowest BCUT2D eigenvalue weighted by Gasteiger charge is -2.22. The summed E-state index contributed by atoms with van der Waals surface area (Å²) in [6.45, 7) is 7.27. The Morgan fingerprint density at radius 1 is 1.32 bits per heavy atom. The van der Waals surface area contributed by atoms with Crippen molar-refractivity contribution in [1.82, 2.24) is 4.90 Å². The zero-order valence-corrected chi connectivity index (χ0v) is 14.3. The van der Waals surface area contributed by atoms with Gasteiger partial charge >= 0.3 is 0 Å². The van der Waals surface area contributed by atoms with Crippen molar-refractivity contribution in [2.24, 2.45) is 11.7 Å². The van der Waals surface area contributed by atoms with Crippen LogP contribution in [-0.2, 0) is 0 Å². The van der Waals surface area contributed by atoms with Gasteiger partial charge in [-0.15, -0.1) is 0 Å². The summed E-state index contributed by atoms with van der Waals surface area (Å²) in [7, 11) is 3.36. The van der Waals surface area contributed by atoms with Crippen LogP contribution in [0.5, 0.6) is 11.5 Å². The number of rotatable bonds is 8. The predicted octanol–water partition coefficient (Wildman–Crippen LogP) is 2.54. The molecule has 0 saturated carbocycles. The monoisotopic (exact) mass is 308 g/mol. The van der Waals surface area contributed by atoms with E-state index in [9.17, 15) is 4.79 Å². The van der Waals surface area contributed by atoms with Gasteiger partial charge in [-0.05, 0) is 37.5 Å². The van der Waals surface area contributed by atoms with E-state index in [1.807, 2.05) is 6.92 Å². The number of carbonyl (C=O) groups is 1. The molecule has 0 aliphatic rings. The summed E-state index contributed by atoms with van der Waals surface area (Å²) in [4.78, 5) is 14.1. The van der Waals surface area contributed by atoms with Gasteiger partial charge in [0, 0.05) is 25.2 Å². The van der Waals surface area contributed by atoms with Crippen molar-refractivity contribution in [1.29, 1.82) is 0 Å². The maximum atomic E-state index is 12.5. The number of amides is 1. The number of nitrogens with zero attached hydrogens (tertiary/aromatic N) is 1. The molecule has 0 saturated heterocycles. The molecule has 2 N–H and O–H groups in total. The molecule has 0 aliphatic carbocycles. The number of benzene rings is 1. The Morgan fingerprint density at radius 2 is 2.00 bits per heavy atom. The molecule has 1 rings (SSSR count). The van der Waals surface area contributed by atoms with Crippen LogP contribution in [0.4, 0.5) is 0 Å². The molecular formula is C17H28N2O3. The van der Waals surface area contributed by atoms with Crippen LogP contribution in [0.3, 0.4) is 0 Å². The molecule has 124 valence electrons. The topological polar surface area (TPSA) is 64.8 Å². The Labute approximate surface area is 133 Å². The smallest absolute Gasteiger partial charge is 0.253 e. The zero-order valence-electron chi connectivity index (χ0n) is 14.3. The second-order valence-electron chi connectivity index (χ2n) is 5.72. The Balaban J connectivity index is 2.75. The molecule has 0 spiro atoms. The van der Waals surface area contributed by atoms with Gasteiger partial charge in [0.25, 0.3) is 5.91 Å². The van der Waals surface area contributed by atoms with Crippen molar-refractivity contribution < 1.29 is 14.3 Å². The lowest BCUT2D eigenvalue weighted by Crippen LogP contribution is -2.34. The zero-order chi connectivity index (χ0) is 16.7. The van der Waals surface area contributed by atoms with Crippen molar-refractivity contribution in [2.45, 2.75) is 33.2 Å². The SMILES string of the molecule is CCOc1ccc(C(=O)N(C)CCC(N)C(C)C)cc1OC. The van der Waals surface area contributed by atoms with Crippen LogP contribution < -0.4 is 15.2 Å². The molecule has 0 bridgehead atoms. The standard InChI is InChI=1S/C17H28N2O3/c1-6-22-15-8-7-13(11-16(15)21-5)17(20)19(4)10-9-14(18)12(2)3/h7-8,11-12,14H,6,9-10,18H2,1-5H3. The van der Waals surface area contributed by atoms with Crippen LogP contribution in [0.1, 0.15) is 37.6 Å². The second kappa shape index (κ2) is 8.63. The lowest BCUT2D eigenvalue weighted by atomic mass is 10.0. The van der Waals surface area contributed by atoms with E-state index in [0.29, 0.717) is 36.1 Å². The molecule has 0 aromatic heterocycles. The second-order valence-corrected chi connectivity index (χ2v) is 5.72. The number of nitrogens with two attached hydrogens (primary N) is 1. The Kier molecular flexibility index (Phi) is 7.18. The quantitative estimate of drug-likeness (QED) is 0.801. The minimum Gasteiger partial charge on any atom is -0.493 e. The third kappa shape index (κ3) is 4.91. The summed E-state index contributed by atoms with van der Waals surface area (Å²) in [6, 6.07) is 5.34. The third-order valence-electron chi connectivity index (χ3n) is 3.71. The van der Waals surface area contributed by atoms with Gasteiger partial charge in [-0.25, -0.2) is 0 Å². The predicted molar refractivity (Wildman–Crippen MR) is 88.6 cm³/mol. The van der Waals surface area contributed by atoms with Crippen molar-refractivity contribution in [3.8, 4) is 11.5 Å². The van der Waals surface area contributed by atoms with E-state index in [4.69, 9.17) is 15.2 Å². The minimum absolute atomic E-state index is 0.0442. The average Bonchev–Trinajstić information content (AvgIpc) is 2.51. The molecule has 0 fully saturated rings. The first-order chi connectivity index (χ1) is 10.4. The van der Waals surface area contributed by atoms with Gasteiger partial charge < -0.3 is 20.1 Å². The number of carbonyl (C=O) groups excluding carboxylic acids is 1. The van der Waals surface area contributed by atoms with Gasteiger partial charge in [-0.3, -0.25) is 4.79 Å². The number of ether oxygens (including phenoxy) is 2. The molecule has 1 unspecified atom stereocenters. The van der Waals surface area contributed by atoms with Crippen molar-refractivity contribution in [2.75, 3.05) is 27.3 Å². The fraction of sp³-hybridized carbons (Fsp3) is 0.588. The highest BCUT2D eigenvalue weighted by atomic mass is 16.5. The highest BCUT2D eigenvalue weighted by molar-refractivity contribution is 5.94. The summed E-state index contributed by atoms with van der Waals surface area (Å²) < 4.78 is 10.7. The average molecular weight is 308 g/mol. The molecule has 5 heteroatoms. The van der Waals surface area contributed by atoms with E-state index in [2.05, 4.69) is 13.8 Å². The van der Waals surface area contributed by atoms with Crippen LogP contribution in [0, 0.1) is 5.92 Å². The van der Waals surface area contributed by atoms with E-state index in [0.717, 1.165) is 6.42 Å². The van der Waals surface area contributed by atoms with Crippen LogP contribution in [0.15, 0.2) is 18.2 Å². The highest BCUT2D eigenvalue weighted by Gasteiger charge is 2.16. The Hall–Kier alpha value is -1.75. The third-order valence-corrected chi connectivity index (χ3v) is 3.71. The van der Waals surface area contributed by atoms with Gasteiger partial charge in [0.05, 0.1) is 13.7 Å². The lowest BCUT2D eigenvalue weighted by molar-refractivity contribution is 0.0788. The van der Waals surface area contributed by atoms with Crippen molar-refractivity contribution >= 4 is 5.91 Å². The van der Waals surface area contributed by atoms with Gasteiger partial charge in [-0.2, -0.15) is 0 Å². The molecule has 1 atom stereocenters. The Morgan fingerprint density at radius 3 is 2.55 bits per heavy atom. The van der Waals surface area contributed by atoms with Gasteiger partial charge in [0.2, 0.25) is 0 Å². The van der Waals surface area contributed by atoms with E-state index < -0.39 is 0 Å². The fourth-order valence-electron chi connectivity index (χ4n) is 2.07. The summed E-state index contributed by atoms with van der Waals surface area (Å²) >= 11 is 0. The minimum atomic E-state index is -0.0442. The number of methoxy groups -OCH3 is 1. The van der Waals surface area contributed by atoms with Crippen LogP contribution in [-0.4, -0.2) is 44.2 Å². The van der Waals surface area contributed by atoms with Gasteiger partial charge in [0.15, 0.2) is 11.5 Å². The molecule has 5 nitrogen and oxygen atoms in total. The number of hydrogen-bond acceptors (Lipinski definition) is 4. The highest BCUT2D eigenvalue weighted by Crippen LogP contribution is 2.28. The summed E-state index contributed by atoms with van der Waals surface area (Å²) in [5.41, 5.74) is 6.61. The summed E-state index contributed by atoms with van der Waals surface area (Å²) in [5, 5.41) is 0. The maximum absolute atomic E-state index is 12.5. The van der Waals surface area contributed by atoms with Crippen LogP contribution in [0.25, 0.3) is 0 Å². The first kappa shape index (κ1) is 18.3. The first-order valence-electron chi connectivity index (χ1n) is 7.72. The van der Waals surface area contributed by atoms with Crippen LogP contribution in [0.2, 0.25) is 0 Å². The van der Waals surface area contributed by atoms with Crippen molar-refractivity contribution in [3.05, 3.63) is 23.8 Å². The van der Waals surface area contributed by atoms with Crippen LogP contribution >= 0.6 is 0 Å². The molecule has 0 radical (unpaired) electrons. The van der Waals surface area contributed by atoms with E-state index in [-0.39, 0.29) is 11.9 Å². The summed E-state index contributed by atoms with van der Waals surface area (Å²) in [5.74, 6) is 1.58. The van der Waals surface area contributed by atoms with E-state index in [1.54, 1.807) is 37.3 Å². The maximum Gasteiger partial charge on any atom is 0.253 e. The molecule has 0 aliphatic heterocycles. The largest absolute Gasteiger partial charge is 0.493 e. The van der Waals surface area contributed by atoms with Crippen molar-refractivity contribution in [3.63, 3.8) is 0 Å². The van der Waals surface area contributed by atoms with E-state index in [1.165, 1.54) is 0 Å². The normalized spacial score (nSPS) is 12.1.